The number of rotatable bonds is 9. The number of piperidine rings is 3. The highest BCUT2D eigenvalue weighted by atomic mass is 19.1. The SMILES string of the molecule is COc1cc(N2CCC(CN3CCC(c4ccc(NC5CCC(=O)NC5=O)cc4F)CC3)CC2)c(F)cc1[C@@H]1c2ccc(O)cc2CC[C@@H]1c1ccccc1. The zero-order chi connectivity index (χ0) is 38.1. The van der Waals surface area contributed by atoms with Crippen molar-refractivity contribution in [2.24, 2.45) is 5.92 Å². The number of anilines is 2. The summed E-state index contributed by atoms with van der Waals surface area (Å²) in [4.78, 5) is 28.2. The van der Waals surface area contributed by atoms with E-state index in [4.69, 9.17) is 4.74 Å². The second kappa shape index (κ2) is 16.0. The van der Waals surface area contributed by atoms with Crippen molar-refractivity contribution >= 4 is 23.2 Å². The van der Waals surface area contributed by atoms with Crippen LogP contribution in [0, 0.1) is 17.6 Å². The largest absolute Gasteiger partial charge is 0.508 e. The minimum Gasteiger partial charge on any atom is -0.508 e. The molecule has 3 saturated heterocycles. The van der Waals surface area contributed by atoms with Crippen LogP contribution in [0.25, 0.3) is 0 Å². The molecule has 8 nitrogen and oxygen atoms in total. The second-order valence-electron chi connectivity index (χ2n) is 15.9. The van der Waals surface area contributed by atoms with Crippen LogP contribution in [0.1, 0.15) is 90.5 Å². The monoisotopic (exact) mass is 748 g/mol. The van der Waals surface area contributed by atoms with Gasteiger partial charge >= 0.3 is 0 Å². The molecule has 4 aromatic rings. The van der Waals surface area contributed by atoms with E-state index in [9.17, 15) is 14.7 Å². The summed E-state index contributed by atoms with van der Waals surface area (Å²) in [5, 5.41) is 15.7. The number of likely N-dealkylation sites (tertiary alicyclic amines) is 1. The van der Waals surface area contributed by atoms with Gasteiger partial charge in [-0.2, -0.15) is 0 Å². The third-order valence-electron chi connectivity index (χ3n) is 12.5. The summed E-state index contributed by atoms with van der Waals surface area (Å²) >= 11 is 0. The Morgan fingerprint density at radius 1 is 0.800 bits per heavy atom. The Morgan fingerprint density at radius 3 is 2.29 bits per heavy atom. The van der Waals surface area contributed by atoms with Crippen molar-refractivity contribution in [3.8, 4) is 11.5 Å². The van der Waals surface area contributed by atoms with Gasteiger partial charge in [-0.1, -0.05) is 42.5 Å². The molecule has 288 valence electrons. The molecule has 3 fully saturated rings. The number of carbonyl (C=O) groups is 2. The number of nitrogens with one attached hydrogen (secondary N) is 2. The number of aryl methyl sites for hydroxylation is 1. The summed E-state index contributed by atoms with van der Waals surface area (Å²) in [7, 11) is 1.67. The first-order valence-corrected chi connectivity index (χ1v) is 19.8. The van der Waals surface area contributed by atoms with Crippen LogP contribution in [-0.2, 0) is 16.0 Å². The molecule has 55 heavy (non-hydrogen) atoms. The number of hydrogen-bond donors (Lipinski definition) is 3. The van der Waals surface area contributed by atoms with E-state index in [1.54, 1.807) is 19.2 Å². The third kappa shape index (κ3) is 7.92. The average Bonchev–Trinajstić information content (AvgIpc) is 3.19. The molecule has 10 heteroatoms. The molecule has 0 bridgehead atoms. The van der Waals surface area contributed by atoms with Gasteiger partial charge in [-0.3, -0.25) is 14.9 Å². The standard InChI is InChI=1S/C45H50F2N4O4/c1-55-42-26-41(39(47)25-37(42)44-35(29-5-3-2-4-6-29)10-7-31-23-33(52)9-12-36(31)44)51-21-15-28(16-22-51)27-50-19-17-30(18-20-50)34-11-8-32(24-38(34)46)48-40-13-14-43(53)49-45(40)54/h2-6,8-9,11-12,23-26,28,30,35,40,44,48,52H,7,10,13-22,27H2,1H3,(H,49,53,54)/t35-,40?,44+/m1/s1. The van der Waals surface area contributed by atoms with Crippen molar-refractivity contribution in [2.45, 2.75) is 75.2 Å². The first-order valence-electron chi connectivity index (χ1n) is 19.8. The normalized spacial score (nSPS) is 22.6. The number of hydrogen-bond acceptors (Lipinski definition) is 7. The number of amides is 2. The van der Waals surface area contributed by atoms with Crippen molar-refractivity contribution in [1.29, 1.82) is 0 Å². The molecule has 4 aromatic carbocycles. The Morgan fingerprint density at radius 2 is 1.56 bits per heavy atom. The van der Waals surface area contributed by atoms with Crippen LogP contribution in [0.4, 0.5) is 20.2 Å². The summed E-state index contributed by atoms with van der Waals surface area (Å²) in [6.45, 7) is 4.33. The number of halogens is 2. The van der Waals surface area contributed by atoms with Gasteiger partial charge in [0, 0.05) is 49.3 Å². The quantitative estimate of drug-likeness (QED) is 0.150. The Bertz CT molecular complexity index is 2030. The fourth-order valence-corrected chi connectivity index (χ4v) is 9.60. The molecule has 1 unspecified atom stereocenters. The van der Waals surface area contributed by atoms with E-state index in [1.807, 2.05) is 36.4 Å². The van der Waals surface area contributed by atoms with Crippen LogP contribution in [0.15, 0.2) is 78.9 Å². The summed E-state index contributed by atoms with van der Waals surface area (Å²) in [6.07, 6.45) is 6.09. The number of phenolic OH excluding ortho intramolecular Hbond substituents is 1. The lowest BCUT2D eigenvalue weighted by atomic mass is 9.69. The molecule has 0 spiro atoms. The number of benzene rings is 4. The van der Waals surface area contributed by atoms with Crippen LogP contribution in [-0.4, -0.2) is 67.7 Å². The maximum absolute atomic E-state index is 16.3. The topological polar surface area (TPSA) is 94.1 Å². The molecule has 3 atom stereocenters. The number of ether oxygens (including phenoxy) is 1. The van der Waals surface area contributed by atoms with Crippen LogP contribution < -0.4 is 20.3 Å². The minimum atomic E-state index is -0.545. The van der Waals surface area contributed by atoms with Gasteiger partial charge in [0.15, 0.2) is 0 Å². The zero-order valence-electron chi connectivity index (χ0n) is 31.4. The first kappa shape index (κ1) is 37.0. The molecular weight excluding hydrogens is 699 g/mol. The lowest BCUT2D eigenvalue weighted by Crippen LogP contribution is -2.47. The maximum atomic E-state index is 16.3. The Labute approximate surface area is 321 Å². The van der Waals surface area contributed by atoms with E-state index in [0.717, 1.165) is 87.9 Å². The molecule has 4 aliphatic rings. The Kier molecular flexibility index (Phi) is 10.8. The average molecular weight is 749 g/mol. The fraction of sp³-hybridized carbons (Fsp3) is 0.422. The van der Waals surface area contributed by atoms with Crippen molar-refractivity contribution < 1.29 is 28.2 Å². The molecule has 3 aliphatic heterocycles. The van der Waals surface area contributed by atoms with E-state index >= 15 is 8.78 Å². The molecule has 8 rings (SSSR count). The highest BCUT2D eigenvalue weighted by molar-refractivity contribution is 6.01. The van der Waals surface area contributed by atoms with Crippen LogP contribution in [0.5, 0.6) is 11.5 Å². The van der Waals surface area contributed by atoms with E-state index < -0.39 is 6.04 Å². The smallest absolute Gasteiger partial charge is 0.249 e. The van der Waals surface area contributed by atoms with Gasteiger partial charge in [-0.25, -0.2) is 8.78 Å². The van der Waals surface area contributed by atoms with E-state index in [1.165, 1.54) is 11.6 Å². The number of phenols is 1. The lowest BCUT2D eigenvalue weighted by molar-refractivity contribution is -0.133. The third-order valence-corrected chi connectivity index (χ3v) is 12.5. The van der Waals surface area contributed by atoms with Crippen LogP contribution in [0.2, 0.25) is 0 Å². The Hall–Kier alpha value is -4.96. The second-order valence-corrected chi connectivity index (χ2v) is 15.9. The summed E-state index contributed by atoms with van der Waals surface area (Å²) in [5.41, 5.74) is 6.09. The molecule has 1 aliphatic carbocycles. The predicted octanol–water partition coefficient (Wildman–Crippen LogP) is 7.85. The highest BCUT2D eigenvalue weighted by Gasteiger charge is 2.36. The van der Waals surface area contributed by atoms with E-state index in [0.29, 0.717) is 35.0 Å². The molecule has 3 N–H and O–H groups in total. The number of imide groups is 1. The van der Waals surface area contributed by atoms with Gasteiger partial charge in [0.1, 0.15) is 29.2 Å². The first-order chi connectivity index (χ1) is 26.7. The van der Waals surface area contributed by atoms with Crippen LogP contribution >= 0.6 is 0 Å². The van der Waals surface area contributed by atoms with Crippen molar-refractivity contribution in [1.82, 2.24) is 10.2 Å². The van der Waals surface area contributed by atoms with E-state index in [2.05, 4.69) is 44.7 Å². The van der Waals surface area contributed by atoms with Crippen molar-refractivity contribution in [3.63, 3.8) is 0 Å². The Balaban J connectivity index is 0.883. The maximum Gasteiger partial charge on any atom is 0.249 e. The lowest BCUT2D eigenvalue weighted by Gasteiger charge is -2.39. The van der Waals surface area contributed by atoms with Gasteiger partial charge in [0.05, 0.1) is 12.8 Å². The number of aromatic hydroxyl groups is 1. The minimum absolute atomic E-state index is 0.113. The molecule has 0 radical (unpaired) electrons. The molecule has 2 amide bonds. The van der Waals surface area contributed by atoms with Gasteiger partial charge in [-0.15, -0.1) is 0 Å². The van der Waals surface area contributed by atoms with Gasteiger partial charge in [0.25, 0.3) is 0 Å². The van der Waals surface area contributed by atoms with E-state index in [-0.39, 0.29) is 53.4 Å². The van der Waals surface area contributed by atoms with Crippen molar-refractivity contribution in [3.05, 3.63) is 118 Å². The summed E-state index contributed by atoms with van der Waals surface area (Å²) in [5.74, 6) is 0.465. The molecule has 0 saturated carbocycles. The van der Waals surface area contributed by atoms with Crippen molar-refractivity contribution in [2.75, 3.05) is 50.1 Å². The van der Waals surface area contributed by atoms with Gasteiger partial charge in [0.2, 0.25) is 11.8 Å². The fourth-order valence-electron chi connectivity index (χ4n) is 9.60. The predicted molar refractivity (Wildman–Crippen MR) is 210 cm³/mol. The molecule has 0 aromatic heterocycles. The number of nitrogens with zero attached hydrogens (tertiary/aromatic N) is 2. The van der Waals surface area contributed by atoms with Gasteiger partial charge in [-0.05, 0) is 128 Å². The van der Waals surface area contributed by atoms with Gasteiger partial charge < -0.3 is 25.0 Å². The number of fused-ring (bicyclic) bond motifs is 1. The van der Waals surface area contributed by atoms with Crippen LogP contribution in [0.3, 0.4) is 0 Å². The molecule has 3 heterocycles. The summed E-state index contributed by atoms with van der Waals surface area (Å²) < 4.78 is 37.6. The molecular formula is C45H50F2N4O4. The number of carbonyl (C=O) groups excluding carboxylic acids is 2. The summed E-state index contributed by atoms with van der Waals surface area (Å²) in [6, 6.07) is 24.2. The number of methoxy groups -OCH3 is 1. The zero-order valence-corrected chi connectivity index (χ0v) is 31.4. The highest BCUT2D eigenvalue weighted by Crippen LogP contribution is 2.50.